The van der Waals surface area contributed by atoms with Gasteiger partial charge in [0.05, 0.1) is 7.11 Å². The molecular formula is C20H24N2O5. The van der Waals surface area contributed by atoms with E-state index in [1.807, 2.05) is 30.3 Å². The Morgan fingerprint density at radius 2 is 1.70 bits per heavy atom. The first-order valence-electron chi connectivity index (χ1n) is 8.96. The van der Waals surface area contributed by atoms with E-state index in [1.165, 1.54) is 24.2 Å². The molecule has 0 radical (unpaired) electrons. The number of amides is 3. The molecule has 1 unspecified atom stereocenters. The summed E-state index contributed by atoms with van der Waals surface area (Å²) in [6.45, 7) is 0.352. The van der Waals surface area contributed by atoms with Crippen molar-refractivity contribution in [2.24, 2.45) is 0 Å². The van der Waals surface area contributed by atoms with Crippen LogP contribution in [0.15, 0.2) is 42.5 Å². The summed E-state index contributed by atoms with van der Waals surface area (Å²) in [7, 11) is 1.29. The van der Waals surface area contributed by atoms with E-state index in [2.05, 4.69) is 5.32 Å². The van der Waals surface area contributed by atoms with Gasteiger partial charge in [0.2, 0.25) is 5.91 Å². The molecule has 144 valence electrons. The third-order valence-corrected chi connectivity index (χ3v) is 4.29. The van der Waals surface area contributed by atoms with Crippen molar-refractivity contribution < 1.29 is 23.9 Å². The Morgan fingerprint density at radius 3 is 2.33 bits per heavy atom. The standard InChI is InChI=1S/C20H24N2O5/c1-27-20(26)16(14-15-8-4-2-5-9-15)21-17(23)10-6-3-7-13-22-18(24)11-12-19(22)25/h2,4-5,8-9,11-12,16H,3,6-7,10,13-14H2,1H3,(H,21,23). The number of esters is 1. The van der Waals surface area contributed by atoms with Crippen LogP contribution < -0.4 is 5.32 Å². The van der Waals surface area contributed by atoms with Crippen LogP contribution in [0.1, 0.15) is 31.2 Å². The minimum atomic E-state index is -0.726. The maximum atomic E-state index is 12.1. The second-order valence-electron chi connectivity index (χ2n) is 6.31. The molecular weight excluding hydrogens is 348 g/mol. The van der Waals surface area contributed by atoms with Crippen LogP contribution in [0.5, 0.6) is 0 Å². The molecule has 0 spiro atoms. The maximum absolute atomic E-state index is 12.1. The van der Waals surface area contributed by atoms with E-state index in [1.54, 1.807) is 0 Å². The first-order valence-corrected chi connectivity index (χ1v) is 8.96. The molecule has 0 saturated heterocycles. The van der Waals surface area contributed by atoms with E-state index in [0.717, 1.165) is 5.56 Å². The van der Waals surface area contributed by atoms with Gasteiger partial charge in [-0.2, -0.15) is 0 Å². The Kier molecular flexibility index (Phi) is 7.73. The minimum Gasteiger partial charge on any atom is -0.467 e. The minimum absolute atomic E-state index is 0.226. The van der Waals surface area contributed by atoms with Crippen LogP contribution >= 0.6 is 0 Å². The Hall–Kier alpha value is -2.96. The molecule has 7 heteroatoms. The lowest BCUT2D eigenvalue weighted by molar-refractivity contribution is -0.145. The Morgan fingerprint density at radius 1 is 1.04 bits per heavy atom. The van der Waals surface area contributed by atoms with Crippen molar-refractivity contribution in [3.63, 3.8) is 0 Å². The molecule has 1 N–H and O–H groups in total. The average molecular weight is 372 g/mol. The van der Waals surface area contributed by atoms with Crippen molar-refractivity contribution in [1.29, 1.82) is 0 Å². The topological polar surface area (TPSA) is 92.8 Å². The zero-order valence-corrected chi connectivity index (χ0v) is 15.3. The molecule has 0 aromatic heterocycles. The molecule has 1 atom stereocenters. The second-order valence-corrected chi connectivity index (χ2v) is 6.31. The van der Waals surface area contributed by atoms with E-state index in [-0.39, 0.29) is 24.1 Å². The molecule has 3 amide bonds. The van der Waals surface area contributed by atoms with Gasteiger partial charge in [-0.1, -0.05) is 36.8 Å². The van der Waals surface area contributed by atoms with Crippen molar-refractivity contribution in [2.75, 3.05) is 13.7 Å². The van der Waals surface area contributed by atoms with Crippen LogP contribution in [-0.2, 0) is 30.3 Å². The molecule has 27 heavy (non-hydrogen) atoms. The van der Waals surface area contributed by atoms with Gasteiger partial charge in [0.1, 0.15) is 6.04 Å². The first-order chi connectivity index (χ1) is 13.0. The van der Waals surface area contributed by atoms with Crippen LogP contribution in [0.2, 0.25) is 0 Å². The monoisotopic (exact) mass is 372 g/mol. The summed E-state index contributed by atoms with van der Waals surface area (Å²) in [6.07, 6.45) is 5.09. The molecule has 1 heterocycles. The molecule has 2 rings (SSSR count). The van der Waals surface area contributed by atoms with Gasteiger partial charge in [0, 0.05) is 31.5 Å². The molecule has 7 nitrogen and oxygen atoms in total. The fraction of sp³-hybridized carbons (Fsp3) is 0.400. The molecule has 1 aliphatic heterocycles. The quantitative estimate of drug-likeness (QED) is 0.380. The summed E-state index contributed by atoms with van der Waals surface area (Å²) >= 11 is 0. The maximum Gasteiger partial charge on any atom is 0.328 e. The number of imide groups is 1. The number of benzene rings is 1. The number of ether oxygens (including phenoxy) is 1. The largest absolute Gasteiger partial charge is 0.467 e. The van der Waals surface area contributed by atoms with Crippen LogP contribution in [0.3, 0.4) is 0 Å². The lowest BCUT2D eigenvalue weighted by Crippen LogP contribution is -2.43. The van der Waals surface area contributed by atoms with Crippen molar-refractivity contribution in [3.05, 3.63) is 48.0 Å². The fourth-order valence-electron chi connectivity index (χ4n) is 2.84. The predicted octanol–water partition coefficient (Wildman–Crippen LogP) is 1.37. The number of carbonyl (C=O) groups excluding carboxylic acids is 4. The van der Waals surface area contributed by atoms with Crippen molar-refractivity contribution in [2.45, 2.75) is 38.1 Å². The van der Waals surface area contributed by atoms with Gasteiger partial charge in [0.25, 0.3) is 11.8 Å². The van der Waals surface area contributed by atoms with Gasteiger partial charge in [-0.3, -0.25) is 19.3 Å². The third kappa shape index (κ3) is 6.36. The summed E-state index contributed by atoms with van der Waals surface area (Å²) < 4.78 is 4.78. The Labute approximate surface area is 158 Å². The number of hydrogen-bond donors (Lipinski definition) is 1. The van der Waals surface area contributed by atoms with E-state index in [4.69, 9.17) is 4.74 Å². The van der Waals surface area contributed by atoms with Gasteiger partial charge in [-0.25, -0.2) is 4.79 Å². The molecule has 0 fully saturated rings. The van der Waals surface area contributed by atoms with Gasteiger partial charge >= 0.3 is 5.97 Å². The normalized spacial score (nSPS) is 14.3. The van der Waals surface area contributed by atoms with Crippen LogP contribution in [0.25, 0.3) is 0 Å². The lowest BCUT2D eigenvalue weighted by Gasteiger charge is -2.17. The van der Waals surface area contributed by atoms with Crippen molar-refractivity contribution in [3.8, 4) is 0 Å². The van der Waals surface area contributed by atoms with Crippen molar-refractivity contribution >= 4 is 23.7 Å². The number of nitrogens with one attached hydrogen (secondary N) is 1. The highest BCUT2D eigenvalue weighted by molar-refractivity contribution is 6.12. The summed E-state index contributed by atoms with van der Waals surface area (Å²) in [4.78, 5) is 48.1. The molecule has 0 saturated carbocycles. The SMILES string of the molecule is COC(=O)C(Cc1ccccc1)NC(=O)CCCCCN1C(=O)C=CC1=O. The zero-order chi connectivity index (χ0) is 19.6. The number of methoxy groups -OCH3 is 1. The first kappa shape index (κ1) is 20.4. The lowest BCUT2D eigenvalue weighted by atomic mass is 10.1. The van der Waals surface area contributed by atoms with Gasteiger partial charge in [-0.15, -0.1) is 0 Å². The number of hydrogen-bond acceptors (Lipinski definition) is 5. The number of rotatable bonds is 10. The number of unbranched alkanes of at least 4 members (excludes halogenated alkanes) is 2. The van der Waals surface area contributed by atoms with Gasteiger partial charge in [0.15, 0.2) is 0 Å². The summed E-state index contributed by atoms with van der Waals surface area (Å²) in [6, 6.07) is 8.67. The van der Waals surface area contributed by atoms with Crippen LogP contribution in [-0.4, -0.2) is 48.3 Å². The molecule has 0 bridgehead atoms. The zero-order valence-electron chi connectivity index (χ0n) is 15.3. The van der Waals surface area contributed by atoms with E-state index >= 15 is 0 Å². The highest BCUT2D eigenvalue weighted by atomic mass is 16.5. The highest BCUT2D eigenvalue weighted by Crippen LogP contribution is 2.09. The smallest absolute Gasteiger partial charge is 0.328 e. The number of nitrogens with zero attached hydrogens (tertiary/aromatic N) is 1. The fourth-order valence-corrected chi connectivity index (χ4v) is 2.84. The predicted molar refractivity (Wildman–Crippen MR) is 98.4 cm³/mol. The Balaban J connectivity index is 1.71. The van der Waals surface area contributed by atoms with Crippen molar-refractivity contribution in [1.82, 2.24) is 10.2 Å². The van der Waals surface area contributed by atoms with E-state index in [9.17, 15) is 19.2 Å². The van der Waals surface area contributed by atoms with Gasteiger partial charge in [-0.05, 0) is 18.4 Å². The summed E-state index contributed by atoms with van der Waals surface area (Å²) in [5.41, 5.74) is 0.932. The van der Waals surface area contributed by atoms with E-state index < -0.39 is 12.0 Å². The molecule has 1 aliphatic rings. The van der Waals surface area contributed by atoms with E-state index in [0.29, 0.717) is 32.2 Å². The summed E-state index contributed by atoms with van der Waals surface area (Å²) in [5, 5.41) is 2.72. The molecule has 1 aromatic carbocycles. The second kappa shape index (κ2) is 10.3. The highest BCUT2D eigenvalue weighted by Gasteiger charge is 2.23. The van der Waals surface area contributed by atoms with Crippen LogP contribution in [0.4, 0.5) is 0 Å². The summed E-state index contributed by atoms with van der Waals surface area (Å²) in [5.74, 6) is -1.29. The van der Waals surface area contributed by atoms with Crippen LogP contribution in [0, 0.1) is 0 Å². The number of carbonyl (C=O) groups is 4. The third-order valence-electron chi connectivity index (χ3n) is 4.29. The Bertz CT molecular complexity index is 696. The average Bonchev–Trinajstić information content (AvgIpc) is 2.99. The molecule has 1 aromatic rings. The van der Waals surface area contributed by atoms with Gasteiger partial charge < -0.3 is 10.1 Å². The molecule has 0 aliphatic carbocycles.